The molecule has 1 nitrogen and oxygen atoms in total. The summed E-state index contributed by atoms with van der Waals surface area (Å²) in [5.74, 6) is 0.726. The molecular weight excluding hydrogens is 170 g/mol. The van der Waals surface area contributed by atoms with E-state index in [1.165, 1.54) is 5.56 Å². The van der Waals surface area contributed by atoms with Crippen LogP contribution in [0.4, 0.5) is 5.69 Å². The van der Waals surface area contributed by atoms with Crippen LogP contribution in [0.25, 0.3) is 0 Å². The second kappa shape index (κ2) is 4.36. The average molecular weight is 184 g/mol. The molecule has 0 radical (unpaired) electrons. The molecule has 2 heteroatoms. The van der Waals surface area contributed by atoms with E-state index in [9.17, 15) is 0 Å². The number of anilines is 1. The molecule has 1 rings (SSSR count). The summed E-state index contributed by atoms with van der Waals surface area (Å²) in [6, 6.07) is 6.15. The molecule has 0 saturated carbocycles. The topological polar surface area (TPSA) is 26.0 Å². The summed E-state index contributed by atoms with van der Waals surface area (Å²) >= 11 is 5.60. The van der Waals surface area contributed by atoms with Crippen molar-refractivity contribution in [3.63, 3.8) is 0 Å². The molecule has 0 fully saturated rings. The zero-order valence-corrected chi connectivity index (χ0v) is 8.06. The smallest absolute Gasteiger partial charge is 0.0343 e. The van der Waals surface area contributed by atoms with E-state index in [0.717, 1.165) is 30.0 Å². The first-order valence-corrected chi connectivity index (χ1v) is 4.68. The van der Waals surface area contributed by atoms with Crippen molar-refractivity contribution in [2.24, 2.45) is 0 Å². The van der Waals surface area contributed by atoms with Crippen LogP contribution in [-0.2, 0) is 6.42 Å². The molecule has 66 valence electrons. The first kappa shape index (κ1) is 9.40. The first-order chi connectivity index (χ1) is 5.74. The van der Waals surface area contributed by atoms with Crippen LogP contribution in [0.15, 0.2) is 18.2 Å². The quantitative estimate of drug-likeness (QED) is 0.566. The SMILES string of the molecule is Cc1cc(CCCCl)ccc1N. The van der Waals surface area contributed by atoms with Crippen molar-refractivity contribution in [3.8, 4) is 0 Å². The molecule has 0 saturated heterocycles. The molecule has 0 aromatic heterocycles. The van der Waals surface area contributed by atoms with Gasteiger partial charge in [-0.15, -0.1) is 11.6 Å². The van der Waals surface area contributed by atoms with Crippen LogP contribution in [0.2, 0.25) is 0 Å². The second-order valence-corrected chi connectivity index (χ2v) is 3.36. The largest absolute Gasteiger partial charge is 0.399 e. The molecule has 1 aromatic rings. The summed E-state index contributed by atoms with van der Waals surface area (Å²) in [5, 5.41) is 0. The Hall–Kier alpha value is -0.690. The number of nitrogens with two attached hydrogens (primary N) is 1. The van der Waals surface area contributed by atoms with Crippen LogP contribution in [-0.4, -0.2) is 5.88 Å². The third-order valence-corrected chi connectivity index (χ3v) is 2.20. The molecule has 0 aliphatic rings. The van der Waals surface area contributed by atoms with E-state index in [1.54, 1.807) is 0 Å². The molecular formula is C10H14ClN. The monoisotopic (exact) mass is 183 g/mol. The number of hydrogen-bond donors (Lipinski definition) is 1. The molecule has 0 aliphatic heterocycles. The van der Waals surface area contributed by atoms with Crippen molar-refractivity contribution in [2.45, 2.75) is 19.8 Å². The molecule has 0 atom stereocenters. The molecule has 0 bridgehead atoms. The van der Waals surface area contributed by atoms with Gasteiger partial charge in [0.05, 0.1) is 0 Å². The molecule has 0 amide bonds. The number of rotatable bonds is 3. The van der Waals surface area contributed by atoms with Gasteiger partial charge in [0.2, 0.25) is 0 Å². The highest BCUT2D eigenvalue weighted by Gasteiger charge is 1.95. The lowest BCUT2D eigenvalue weighted by molar-refractivity contribution is 0.927. The molecule has 1 aromatic carbocycles. The van der Waals surface area contributed by atoms with E-state index in [0.29, 0.717) is 0 Å². The van der Waals surface area contributed by atoms with Gasteiger partial charge in [-0.2, -0.15) is 0 Å². The van der Waals surface area contributed by atoms with Gasteiger partial charge >= 0.3 is 0 Å². The van der Waals surface area contributed by atoms with E-state index < -0.39 is 0 Å². The van der Waals surface area contributed by atoms with Crippen LogP contribution in [0.3, 0.4) is 0 Å². The number of aryl methyl sites for hydroxylation is 2. The van der Waals surface area contributed by atoms with Crippen LogP contribution >= 0.6 is 11.6 Å². The Morgan fingerprint density at radius 1 is 1.42 bits per heavy atom. The van der Waals surface area contributed by atoms with E-state index in [4.69, 9.17) is 17.3 Å². The molecule has 0 aliphatic carbocycles. The fourth-order valence-electron chi connectivity index (χ4n) is 1.16. The van der Waals surface area contributed by atoms with Crippen LogP contribution in [0.1, 0.15) is 17.5 Å². The van der Waals surface area contributed by atoms with Gasteiger partial charge < -0.3 is 5.73 Å². The Kier molecular flexibility index (Phi) is 3.42. The van der Waals surface area contributed by atoms with Gasteiger partial charge in [0.15, 0.2) is 0 Å². The van der Waals surface area contributed by atoms with Crippen molar-refractivity contribution in [3.05, 3.63) is 29.3 Å². The minimum absolute atomic E-state index is 0.726. The average Bonchev–Trinajstić information content (AvgIpc) is 2.07. The molecule has 12 heavy (non-hydrogen) atoms. The highest BCUT2D eigenvalue weighted by atomic mass is 35.5. The molecule has 0 heterocycles. The maximum Gasteiger partial charge on any atom is 0.0343 e. The standard InChI is InChI=1S/C10H14ClN/c1-8-7-9(3-2-6-11)4-5-10(8)12/h4-5,7H,2-3,6,12H2,1H3. The predicted octanol–water partition coefficient (Wildman–Crippen LogP) is 2.75. The van der Waals surface area contributed by atoms with Crippen molar-refractivity contribution in [1.29, 1.82) is 0 Å². The fourth-order valence-corrected chi connectivity index (χ4v) is 1.30. The van der Waals surface area contributed by atoms with Crippen LogP contribution < -0.4 is 5.73 Å². The highest BCUT2D eigenvalue weighted by Crippen LogP contribution is 2.13. The lowest BCUT2D eigenvalue weighted by atomic mass is 10.1. The minimum atomic E-state index is 0.726. The van der Waals surface area contributed by atoms with E-state index in [-0.39, 0.29) is 0 Å². The molecule has 0 spiro atoms. The minimum Gasteiger partial charge on any atom is -0.399 e. The van der Waals surface area contributed by atoms with E-state index in [1.807, 2.05) is 13.0 Å². The highest BCUT2D eigenvalue weighted by molar-refractivity contribution is 6.17. The number of hydrogen-bond acceptors (Lipinski definition) is 1. The third-order valence-electron chi connectivity index (χ3n) is 1.93. The van der Waals surface area contributed by atoms with Gasteiger partial charge in [0.25, 0.3) is 0 Å². The Morgan fingerprint density at radius 3 is 2.75 bits per heavy atom. The fraction of sp³-hybridized carbons (Fsp3) is 0.400. The summed E-state index contributed by atoms with van der Waals surface area (Å²) in [7, 11) is 0. The Labute approximate surface area is 78.5 Å². The zero-order valence-electron chi connectivity index (χ0n) is 7.31. The Balaban J connectivity index is 2.69. The summed E-state index contributed by atoms with van der Waals surface area (Å²) < 4.78 is 0. The van der Waals surface area contributed by atoms with Gasteiger partial charge in [-0.1, -0.05) is 12.1 Å². The Morgan fingerprint density at radius 2 is 2.17 bits per heavy atom. The maximum absolute atomic E-state index is 5.69. The maximum atomic E-state index is 5.69. The number of alkyl halides is 1. The summed E-state index contributed by atoms with van der Waals surface area (Å²) in [6.45, 7) is 2.03. The van der Waals surface area contributed by atoms with Gasteiger partial charge in [0, 0.05) is 11.6 Å². The molecule has 0 unspecified atom stereocenters. The van der Waals surface area contributed by atoms with Gasteiger partial charge in [-0.3, -0.25) is 0 Å². The number of benzene rings is 1. The second-order valence-electron chi connectivity index (χ2n) is 2.98. The summed E-state index contributed by atoms with van der Waals surface area (Å²) in [5.41, 5.74) is 9.03. The zero-order chi connectivity index (χ0) is 8.97. The predicted molar refractivity (Wildman–Crippen MR) is 54.6 cm³/mol. The van der Waals surface area contributed by atoms with Crippen molar-refractivity contribution < 1.29 is 0 Å². The number of halogens is 1. The lowest BCUT2D eigenvalue weighted by Gasteiger charge is -2.03. The van der Waals surface area contributed by atoms with E-state index in [2.05, 4.69) is 12.1 Å². The summed E-state index contributed by atoms with van der Waals surface area (Å²) in [4.78, 5) is 0. The van der Waals surface area contributed by atoms with Gasteiger partial charge in [0.1, 0.15) is 0 Å². The summed E-state index contributed by atoms with van der Waals surface area (Å²) in [6.07, 6.45) is 2.08. The first-order valence-electron chi connectivity index (χ1n) is 4.15. The van der Waals surface area contributed by atoms with Crippen LogP contribution in [0.5, 0.6) is 0 Å². The van der Waals surface area contributed by atoms with Gasteiger partial charge in [-0.05, 0) is 37.0 Å². The van der Waals surface area contributed by atoms with Crippen molar-refractivity contribution >= 4 is 17.3 Å². The van der Waals surface area contributed by atoms with Gasteiger partial charge in [-0.25, -0.2) is 0 Å². The normalized spacial score (nSPS) is 10.2. The Bertz CT molecular complexity index is 258. The third kappa shape index (κ3) is 2.42. The molecule has 2 N–H and O–H groups in total. The number of nitrogen functional groups attached to an aromatic ring is 1. The van der Waals surface area contributed by atoms with Crippen molar-refractivity contribution in [2.75, 3.05) is 11.6 Å². The van der Waals surface area contributed by atoms with Crippen molar-refractivity contribution in [1.82, 2.24) is 0 Å². The lowest BCUT2D eigenvalue weighted by Crippen LogP contribution is -1.92. The van der Waals surface area contributed by atoms with Crippen LogP contribution in [0, 0.1) is 6.92 Å². The van der Waals surface area contributed by atoms with E-state index >= 15 is 0 Å².